The number of carbonyl (C=O) groups excluding carboxylic acids is 1. The van der Waals surface area contributed by atoms with Crippen LogP contribution < -0.4 is 4.90 Å². The van der Waals surface area contributed by atoms with Crippen LogP contribution in [-0.4, -0.2) is 49.1 Å². The summed E-state index contributed by atoms with van der Waals surface area (Å²) in [6.45, 7) is 2.18. The summed E-state index contributed by atoms with van der Waals surface area (Å²) in [7, 11) is 1.37. The van der Waals surface area contributed by atoms with Gasteiger partial charge in [0.15, 0.2) is 5.76 Å². The van der Waals surface area contributed by atoms with Gasteiger partial charge in [0, 0.05) is 31.2 Å². The summed E-state index contributed by atoms with van der Waals surface area (Å²) in [5.74, 6) is 0.753. The number of methoxy groups -OCH3 is 1. The Morgan fingerprint density at radius 2 is 2.00 bits per heavy atom. The Labute approximate surface area is 178 Å². The minimum absolute atomic E-state index is 0.200. The molecule has 0 amide bonds. The lowest BCUT2D eigenvalue weighted by Gasteiger charge is -2.38. The molecule has 1 aliphatic rings. The molecule has 0 radical (unpaired) electrons. The Bertz CT molecular complexity index is 1070. The molecule has 1 fully saturated rings. The second-order valence-corrected chi connectivity index (χ2v) is 7.14. The van der Waals surface area contributed by atoms with E-state index in [1.807, 2.05) is 28.0 Å². The van der Waals surface area contributed by atoms with E-state index in [1.54, 1.807) is 18.2 Å². The van der Waals surface area contributed by atoms with Gasteiger partial charge in [-0.05, 0) is 23.8 Å². The van der Waals surface area contributed by atoms with E-state index in [0.29, 0.717) is 48.4 Å². The third-order valence-corrected chi connectivity index (χ3v) is 5.38. The molecule has 9 heteroatoms. The summed E-state index contributed by atoms with van der Waals surface area (Å²) < 4.78 is 16.2. The molecule has 0 saturated carbocycles. The van der Waals surface area contributed by atoms with Crippen LogP contribution >= 0.6 is 11.6 Å². The minimum atomic E-state index is -0.602. The van der Waals surface area contributed by atoms with Crippen molar-refractivity contribution in [2.45, 2.75) is 6.04 Å². The van der Waals surface area contributed by atoms with E-state index in [2.05, 4.69) is 11.1 Å². The number of halogens is 1. The number of piperazine rings is 1. The number of furan rings is 1. The van der Waals surface area contributed by atoms with Crippen LogP contribution in [0.1, 0.15) is 17.3 Å². The van der Waals surface area contributed by atoms with Crippen molar-refractivity contribution >= 4 is 23.5 Å². The molecule has 1 saturated heterocycles. The van der Waals surface area contributed by atoms with Crippen LogP contribution in [0.4, 0.5) is 5.88 Å². The highest BCUT2D eigenvalue weighted by molar-refractivity contribution is 6.31. The summed E-state index contributed by atoms with van der Waals surface area (Å²) >= 11 is 6.34. The molecule has 3 aromatic rings. The zero-order valence-corrected chi connectivity index (χ0v) is 17.0. The first-order valence-electron chi connectivity index (χ1n) is 9.38. The first-order valence-corrected chi connectivity index (χ1v) is 9.76. The van der Waals surface area contributed by atoms with Gasteiger partial charge in [-0.25, -0.2) is 4.79 Å². The normalized spacial score (nSPS) is 15.6. The van der Waals surface area contributed by atoms with E-state index < -0.39 is 6.04 Å². The Morgan fingerprint density at radius 1 is 1.23 bits per heavy atom. The predicted octanol–water partition coefficient (Wildman–Crippen LogP) is 3.50. The minimum Gasteiger partial charge on any atom is -0.468 e. The lowest BCUT2D eigenvalue weighted by molar-refractivity contribution is -0.147. The van der Waals surface area contributed by atoms with Crippen LogP contribution in [0.25, 0.3) is 11.7 Å². The zero-order chi connectivity index (χ0) is 21.1. The molecule has 0 N–H and O–H groups in total. The van der Waals surface area contributed by atoms with E-state index in [-0.39, 0.29) is 17.6 Å². The van der Waals surface area contributed by atoms with Gasteiger partial charge in [0.25, 0.3) is 5.89 Å². The quantitative estimate of drug-likeness (QED) is 0.572. The van der Waals surface area contributed by atoms with Crippen LogP contribution in [0.5, 0.6) is 0 Å². The number of rotatable bonds is 5. The van der Waals surface area contributed by atoms with Gasteiger partial charge in [0.05, 0.1) is 13.4 Å². The SMILES string of the molecule is COC(=O)C(c1ccccc1Cl)N1CCN(c2oc(-c3ccco3)nc2C#N)CC1. The average Bonchev–Trinajstić information content (AvgIpc) is 3.45. The maximum Gasteiger partial charge on any atom is 0.327 e. The molecule has 3 heterocycles. The number of benzene rings is 1. The topological polar surface area (TPSA) is 95.7 Å². The monoisotopic (exact) mass is 426 g/mol. The molecule has 0 bridgehead atoms. The zero-order valence-electron chi connectivity index (χ0n) is 16.2. The number of aromatic nitrogens is 1. The molecule has 1 unspecified atom stereocenters. The fraction of sp³-hybridized carbons (Fsp3) is 0.286. The number of carbonyl (C=O) groups is 1. The van der Waals surface area contributed by atoms with E-state index in [0.717, 1.165) is 0 Å². The van der Waals surface area contributed by atoms with Crippen molar-refractivity contribution in [1.82, 2.24) is 9.88 Å². The fourth-order valence-electron chi connectivity index (χ4n) is 3.57. The molecular formula is C21H19ClN4O4. The van der Waals surface area contributed by atoms with Gasteiger partial charge in [-0.1, -0.05) is 29.8 Å². The largest absolute Gasteiger partial charge is 0.468 e. The third-order valence-electron chi connectivity index (χ3n) is 5.04. The van der Waals surface area contributed by atoms with Gasteiger partial charge >= 0.3 is 5.97 Å². The lowest BCUT2D eigenvalue weighted by Crippen LogP contribution is -2.49. The number of ether oxygens (including phenoxy) is 1. The summed E-state index contributed by atoms with van der Waals surface area (Å²) in [6, 6.07) is 12.2. The van der Waals surface area contributed by atoms with Crippen molar-refractivity contribution in [1.29, 1.82) is 5.26 Å². The number of anilines is 1. The summed E-state index contributed by atoms with van der Waals surface area (Å²) in [5, 5.41) is 9.98. The third kappa shape index (κ3) is 3.77. The van der Waals surface area contributed by atoms with Gasteiger partial charge in [-0.15, -0.1) is 0 Å². The molecule has 4 rings (SSSR count). The van der Waals surface area contributed by atoms with Crippen molar-refractivity contribution in [2.24, 2.45) is 0 Å². The van der Waals surface area contributed by atoms with Crippen LogP contribution in [0, 0.1) is 11.3 Å². The number of nitrogens with zero attached hydrogens (tertiary/aromatic N) is 4. The van der Waals surface area contributed by atoms with Crippen molar-refractivity contribution in [3.63, 3.8) is 0 Å². The molecule has 154 valence electrons. The van der Waals surface area contributed by atoms with E-state index in [9.17, 15) is 10.1 Å². The highest BCUT2D eigenvalue weighted by atomic mass is 35.5. The highest BCUT2D eigenvalue weighted by Crippen LogP contribution is 2.32. The van der Waals surface area contributed by atoms with Gasteiger partial charge in [-0.2, -0.15) is 10.2 Å². The smallest absolute Gasteiger partial charge is 0.327 e. The Balaban J connectivity index is 1.54. The fourth-order valence-corrected chi connectivity index (χ4v) is 3.81. The Kier molecular flexibility index (Phi) is 5.74. The second kappa shape index (κ2) is 8.61. The summed E-state index contributed by atoms with van der Waals surface area (Å²) in [5.41, 5.74) is 0.905. The maximum absolute atomic E-state index is 12.5. The maximum atomic E-state index is 12.5. The molecule has 0 spiro atoms. The molecule has 0 aliphatic carbocycles. The predicted molar refractivity (Wildman–Crippen MR) is 109 cm³/mol. The van der Waals surface area contributed by atoms with E-state index in [4.69, 9.17) is 25.2 Å². The average molecular weight is 427 g/mol. The molecular weight excluding hydrogens is 408 g/mol. The van der Waals surface area contributed by atoms with Crippen LogP contribution in [0.3, 0.4) is 0 Å². The highest BCUT2D eigenvalue weighted by Gasteiger charge is 2.34. The molecule has 8 nitrogen and oxygen atoms in total. The van der Waals surface area contributed by atoms with Gasteiger partial charge < -0.3 is 18.5 Å². The number of hydrogen-bond donors (Lipinski definition) is 0. The van der Waals surface area contributed by atoms with Crippen LogP contribution in [0.2, 0.25) is 5.02 Å². The van der Waals surface area contributed by atoms with Gasteiger partial charge in [0.1, 0.15) is 12.1 Å². The molecule has 30 heavy (non-hydrogen) atoms. The number of hydrogen-bond acceptors (Lipinski definition) is 8. The van der Waals surface area contributed by atoms with Gasteiger partial charge in [0.2, 0.25) is 11.6 Å². The first-order chi connectivity index (χ1) is 14.6. The van der Waals surface area contributed by atoms with Crippen molar-refractivity contribution < 1.29 is 18.4 Å². The number of nitriles is 1. The first kappa shape index (κ1) is 20.0. The summed E-state index contributed by atoms with van der Waals surface area (Å²) in [6.07, 6.45) is 1.52. The Morgan fingerprint density at radius 3 is 2.63 bits per heavy atom. The van der Waals surface area contributed by atoms with Crippen molar-refractivity contribution in [3.8, 4) is 17.7 Å². The van der Waals surface area contributed by atoms with Gasteiger partial charge in [-0.3, -0.25) is 4.90 Å². The summed E-state index contributed by atoms with van der Waals surface area (Å²) in [4.78, 5) is 20.7. The molecule has 2 aromatic heterocycles. The van der Waals surface area contributed by atoms with Crippen molar-refractivity contribution in [2.75, 3.05) is 38.2 Å². The molecule has 1 aromatic carbocycles. The van der Waals surface area contributed by atoms with E-state index >= 15 is 0 Å². The van der Waals surface area contributed by atoms with Crippen molar-refractivity contribution in [3.05, 3.63) is 58.9 Å². The lowest BCUT2D eigenvalue weighted by atomic mass is 10.0. The standard InChI is InChI=1S/C21H19ClN4O4/c1-28-21(27)18(14-5-2-3-6-15(14)22)25-8-10-26(11-9-25)20-16(13-23)24-19(30-20)17-7-4-12-29-17/h2-7,12,18H,8-11H2,1H3. The number of esters is 1. The van der Waals surface area contributed by atoms with E-state index in [1.165, 1.54) is 13.4 Å². The number of oxazole rings is 1. The van der Waals surface area contributed by atoms with Crippen LogP contribution in [0.15, 0.2) is 51.5 Å². The Hall–Kier alpha value is -3.28. The second-order valence-electron chi connectivity index (χ2n) is 6.73. The molecule has 1 aliphatic heterocycles. The molecule has 1 atom stereocenters. The van der Waals surface area contributed by atoms with Crippen LogP contribution in [-0.2, 0) is 9.53 Å².